The summed E-state index contributed by atoms with van der Waals surface area (Å²) in [5.74, 6) is -3.59. The van der Waals surface area contributed by atoms with Crippen LogP contribution in [0.4, 0.5) is 14.9 Å². The molecule has 3 aromatic rings. The van der Waals surface area contributed by atoms with E-state index in [1.807, 2.05) is 12.1 Å². The maximum absolute atomic E-state index is 14.9. The van der Waals surface area contributed by atoms with E-state index < -0.39 is 35.7 Å². The van der Waals surface area contributed by atoms with Crippen molar-refractivity contribution in [3.63, 3.8) is 0 Å². The highest BCUT2D eigenvalue weighted by Gasteiger charge is 2.44. The second-order valence-electron chi connectivity index (χ2n) is 9.89. The fourth-order valence-electron chi connectivity index (χ4n) is 4.96. The zero-order valence-electron chi connectivity index (χ0n) is 22.8. The van der Waals surface area contributed by atoms with Gasteiger partial charge in [-0.05, 0) is 56.6 Å². The molecule has 1 aromatic heterocycles. The zero-order valence-corrected chi connectivity index (χ0v) is 22.8. The molecular weight excluding hydrogens is 549 g/mol. The summed E-state index contributed by atoms with van der Waals surface area (Å²) in [6.45, 7) is 4.81. The second kappa shape index (κ2) is 13.2. The third kappa shape index (κ3) is 6.86. The fourth-order valence-corrected chi connectivity index (χ4v) is 4.96. The third-order valence-electron chi connectivity index (χ3n) is 7.10. The van der Waals surface area contributed by atoms with Gasteiger partial charge in [0.25, 0.3) is 11.5 Å². The van der Waals surface area contributed by atoms with Gasteiger partial charge in [-0.1, -0.05) is 24.3 Å². The van der Waals surface area contributed by atoms with Gasteiger partial charge in [-0.2, -0.15) is 5.10 Å². The van der Waals surface area contributed by atoms with Crippen LogP contribution in [0.25, 0.3) is 10.8 Å². The number of halogens is 1. The Morgan fingerprint density at radius 3 is 2.29 bits per heavy atom. The molecule has 0 spiro atoms. The Morgan fingerprint density at radius 2 is 1.64 bits per heavy atom. The first-order valence-corrected chi connectivity index (χ1v) is 13.3. The lowest BCUT2D eigenvalue weighted by molar-refractivity contribution is -0.134. The number of anilines is 1. The summed E-state index contributed by atoms with van der Waals surface area (Å²) >= 11 is 0. The Balaban J connectivity index is 0.000000446. The lowest BCUT2D eigenvalue weighted by Crippen LogP contribution is -2.39. The van der Waals surface area contributed by atoms with Crippen molar-refractivity contribution in [2.75, 3.05) is 31.1 Å². The minimum Gasteiger partial charge on any atom is -0.478 e. The zero-order chi connectivity index (χ0) is 30.4. The Bertz CT molecular complexity index is 1580. The van der Waals surface area contributed by atoms with Gasteiger partial charge in [0.2, 0.25) is 0 Å². The normalized spacial score (nSPS) is 17.2. The molecule has 12 nitrogen and oxygen atoms in total. The number of aromatic nitrogens is 2. The molecule has 2 aromatic carbocycles. The summed E-state index contributed by atoms with van der Waals surface area (Å²) in [7, 11) is 0. The van der Waals surface area contributed by atoms with Crippen LogP contribution >= 0.6 is 0 Å². The maximum Gasteiger partial charge on any atom is 0.332 e. The maximum atomic E-state index is 14.9. The lowest BCUT2D eigenvalue weighted by atomic mass is 10.0. The van der Waals surface area contributed by atoms with Crippen LogP contribution in [0.5, 0.6) is 0 Å². The monoisotopic (exact) mass is 579 g/mol. The summed E-state index contributed by atoms with van der Waals surface area (Å²) < 4.78 is 14.9. The van der Waals surface area contributed by atoms with Crippen LogP contribution < -0.4 is 10.5 Å². The number of carboxylic acids is 2. The van der Waals surface area contributed by atoms with E-state index in [0.717, 1.165) is 30.8 Å². The van der Waals surface area contributed by atoms with Gasteiger partial charge in [0.05, 0.1) is 16.8 Å². The number of urea groups is 1. The van der Waals surface area contributed by atoms with E-state index >= 15 is 0 Å². The molecule has 2 fully saturated rings. The summed E-state index contributed by atoms with van der Waals surface area (Å²) in [4.78, 5) is 62.1. The number of aromatic amines is 1. The number of carbonyl (C=O) groups is 4. The van der Waals surface area contributed by atoms with Crippen molar-refractivity contribution in [1.29, 1.82) is 0 Å². The number of imide groups is 1. The molecule has 13 heteroatoms. The third-order valence-corrected chi connectivity index (χ3v) is 7.10. The molecule has 3 heterocycles. The highest BCUT2D eigenvalue weighted by atomic mass is 19.1. The molecule has 1 unspecified atom stereocenters. The van der Waals surface area contributed by atoms with Crippen molar-refractivity contribution in [3.8, 4) is 0 Å². The van der Waals surface area contributed by atoms with Gasteiger partial charge in [-0.25, -0.2) is 28.8 Å². The molecule has 220 valence electrons. The Labute approximate surface area is 239 Å². The molecule has 2 aliphatic heterocycles. The lowest BCUT2D eigenvalue weighted by Gasteiger charge is -2.23. The van der Waals surface area contributed by atoms with Crippen LogP contribution in [0.2, 0.25) is 0 Å². The van der Waals surface area contributed by atoms with Gasteiger partial charge >= 0.3 is 18.0 Å². The predicted octanol–water partition coefficient (Wildman–Crippen LogP) is 2.62. The van der Waals surface area contributed by atoms with Gasteiger partial charge in [0.15, 0.2) is 0 Å². The number of hydrogen-bond acceptors (Lipinski definition) is 7. The Kier molecular flexibility index (Phi) is 9.42. The second-order valence-corrected chi connectivity index (χ2v) is 9.89. The molecule has 1 atom stereocenters. The highest BCUT2D eigenvalue weighted by molar-refractivity contribution is 6.21. The van der Waals surface area contributed by atoms with E-state index in [1.165, 1.54) is 17.0 Å². The van der Waals surface area contributed by atoms with Crippen molar-refractivity contribution < 1.29 is 33.8 Å². The van der Waals surface area contributed by atoms with Gasteiger partial charge in [-0.3, -0.25) is 9.59 Å². The molecular formula is C29H30FN5O7. The van der Waals surface area contributed by atoms with E-state index in [1.54, 1.807) is 25.1 Å². The molecule has 2 saturated heterocycles. The SMILES string of the molecule is CC1C(=O)N(c2cc(Cc3n[nH]c(=O)c4ccccc34)ccc2F)C(=O)N1CCN1CCCC1.O=C(O)/C=C\C(=O)O. The van der Waals surface area contributed by atoms with Gasteiger partial charge in [-0.15, -0.1) is 0 Å². The molecule has 0 aliphatic carbocycles. The Hall–Kier alpha value is -4.91. The number of aliphatic carboxylic acids is 2. The quantitative estimate of drug-likeness (QED) is 0.269. The van der Waals surface area contributed by atoms with Crippen LogP contribution in [-0.2, 0) is 20.8 Å². The Morgan fingerprint density at radius 1 is 1.00 bits per heavy atom. The van der Waals surface area contributed by atoms with E-state index in [4.69, 9.17) is 10.2 Å². The first kappa shape index (κ1) is 30.1. The number of likely N-dealkylation sites (tertiary alicyclic amines) is 1. The number of fused-ring (bicyclic) bond motifs is 1. The van der Waals surface area contributed by atoms with E-state index in [-0.39, 0.29) is 11.2 Å². The summed E-state index contributed by atoms with van der Waals surface area (Å²) in [5.41, 5.74) is 0.949. The minimum absolute atomic E-state index is 0.0586. The molecule has 5 rings (SSSR count). The molecule has 0 saturated carbocycles. The van der Waals surface area contributed by atoms with E-state index in [2.05, 4.69) is 15.1 Å². The van der Waals surface area contributed by atoms with Crippen molar-refractivity contribution >= 4 is 40.3 Å². The molecule has 3 amide bonds. The molecule has 42 heavy (non-hydrogen) atoms. The van der Waals surface area contributed by atoms with Gasteiger partial charge in [0, 0.05) is 37.0 Å². The van der Waals surface area contributed by atoms with Gasteiger partial charge < -0.3 is 20.0 Å². The van der Waals surface area contributed by atoms with Crippen LogP contribution in [0.15, 0.2) is 59.4 Å². The van der Waals surface area contributed by atoms with Gasteiger partial charge in [0.1, 0.15) is 11.9 Å². The molecule has 0 radical (unpaired) electrons. The molecule has 0 bridgehead atoms. The summed E-state index contributed by atoms with van der Waals surface area (Å²) in [5, 5.41) is 23.5. The first-order valence-electron chi connectivity index (χ1n) is 13.3. The molecule has 3 N–H and O–H groups in total. The summed E-state index contributed by atoms with van der Waals surface area (Å²) in [6, 6.07) is 10.4. The number of amides is 3. The fraction of sp³-hybridized carbons (Fsp3) is 0.310. The smallest absolute Gasteiger partial charge is 0.332 e. The van der Waals surface area contributed by atoms with Crippen molar-refractivity contribution in [2.45, 2.75) is 32.2 Å². The van der Waals surface area contributed by atoms with Crippen LogP contribution in [0.1, 0.15) is 31.0 Å². The number of H-pyrrole nitrogens is 1. The van der Waals surface area contributed by atoms with E-state index in [9.17, 15) is 28.4 Å². The van der Waals surface area contributed by atoms with Crippen molar-refractivity contribution in [1.82, 2.24) is 20.0 Å². The number of carbonyl (C=O) groups excluding carboxylic acids is 2. The number of nitrogens with zero attached hydrogens (tertiary/aromatic N) is 4. The van der Waals surface area contributed by atoms with Crippen LogP contribution in [0.3, 0.4) is 0 Å². The van der Waals surface area contributed by atoms with Crippen LogP contribution in [0, 0.1) is 5.82 Å². The number of hydrogen-bond donors (Lipinski definition) is 3. The predicted molar refractivity (Wildman–Crippen MR) is 151 cm³/mol. The number of benzene rings is 2. The van der Waals surface area contributed by atoms with Crippen LogP contribution in [-0.4, -0.2) is 86.3 Å². The number of carboxylic acid groups (broad SMARTS) is 2. The first-order chi connectivity index (χ1) is 20.1. The highest BCUT2D eigenvalue weighted by Crippen LogP contribution is 2.29. The average Bonchev–Trinajstić information content (AvgIpc) is 3.56. The van der Waals surface area contributed by atoms with Crippen molar-refractivity contribution in [3.05, 3.63) is 82.0 Å². The topological polar surface area (TPSA) is 164 Å². The number of rotatable bonds is 8. The standard InChI is InChI=1S/C25H26FN5O3.C4H4O4/c1-16-24(33)31(25(34)30(16)13-12-29-10-4-5-11-29)22-15-17(8-9-20(22)26)14-21-18-6-2-3-7-19(18)23(32)28-27-21;5-3(6)1-2-4(7)8/h2-3,6-9,15-16H,4-5,10-14H2,1H3,(H,28,32);1-2H,(H,5,6)(H,7,8)/b;2-1-. The largest absolute Gasteiger partial charge is 0.478 e. The summed E-state index contributed by atoms with van der Waals surface area (Å²) in [6.07, 6.45) is 3.71. The van der Waals surface area contributed by atoms with Crippen molar-refractivity contribution in [2.24, 2.45) is 0 Å². The average molecular weight is 580 g/mol. The van der Waals surface area contributed by atoms with E-state index in [0.29, 0.717) is 53.7 Å². The molecule has 2 aliphatic rings. The number of nitrogens with one attached hydrogen (secondary N) is 1. The minimum atomic E-state index is -1.26.